The summed E-state index contributed by atoms with van der Waals surface area (Å²) in [6.45, 7) is 0. The van der Waals surface area contributed by atoms with Gasteiger partial charge in [0.25, 0.3) is 0 Å². The molecular formula is C20H15F3O5S. The van der Waals surface area contributed by atoms with Crippen LogP contribution in [0, 0.1) is 0 Å². The molecule has 152 valence electrons. The quantitative estimate of drug-likeness (QED) is 0.308. The predicted molar refractivity (Wildman–Crippen MR) is 101 cm³/mol. The molecule has 0 atom stereocenters. The fraction of sp³-hybridized carbons (Fsp3) is 0.150. The maximum atomic E-state index is 12.7. The molecule has 29 heavy (non-hydrogen) atoms. The van der Waals surface area contributed by atoms with Gasteiger partial charge in [0.05, 0.1) is 12.7 Å². The van der Waals surface area contributed by atoms with E-state index in [1.165, 1.54) is 13.2 Å². The second-order valence-corrected chi connectivity index (χ2v) is 7.62. The molecule has 0 fully saturated rings. The number of halogens is 3. The van der Waals surface area contributed by atoms with Crippen molar-refractivity contribution in [2.75, 3.05) is 7.11 Å². The number of ether oxygens (including phenoxy) is 1. The lowest BCUT2D eigenvalue weighted by molar-refractivity contribution is -0.0509. The number of allylic oxidation sites excluding steroid dienone is 1. The summed E-state index contributed by atoms with van der Waals surface area (Å²) in [7, 11) is -4.48. The van der Waals surface area contributed by atoms with E-state index in [0.717, 1.165) is 5.56 Å². The van der Waals surface area contributed by atoms with Gasteiger partial charge in [-0.3, -0.25) is 0 Å². The minimum atomic E-state index is -5.76. The third-order valence-electron chi connectivity index (χ3n) is 4.21. The molecule has 3 rings (SSSR count). The van der Waals surface area contributed by atoms with Gasteiger partial charge in [-0.15, -0.1) is 0 Å². The maximum absolute atomic E-state index is 12.7. The second-order valence-electron chi connectivity index (χ2n) is 6.08. The van der Waals surface area contributed by atoms with E-state index in [1.54, 1.807) is 54.6 Å². The Morgan fingerprint density at radius 3 is 2.38 bits per heavy atom. The Bertz CT molecular complexity index is 1100. The maximum Gasteiger partial charge on any atom is 0.534 e. The van der Waals surface area contributed by atoms with E-state index in [1.807, 2.05) is 0 Å². The zero-order valence-corrected chi connectivity index (χ0v) is 15.9. The summed E-state index contributed by atoms with van der Waals surface area (Å²) in [6.07, 6.45) is 4.88. The van der Waals surface area contributed by atoms with Crippen molar-refractivity contribution in [1.82, 2.24) is 0 Å². The highest BCUT2D eigenvalue weighted by Gasteiger charge is 2.49. The zero-order chi connectivity index (χ0) is 21.2. The Labute approximate surface area is 165 Å². The van der Waals surface area contributed by atoms with Crippen molar-refractivity contribution >= 4 is 34.0 Å². The number of rotatable bonds is 5. The molecular weight excluding hydrogens is 409 g/mol. The van der Waals surface area contributed by atoms with Crippen molar-refractivity contribution < 1.29 is 35.3 Å². The fourth-order valence-corrected chi connectivity index (χ4v) is 3.29. The van der Waals surface area contributed by atoms with Crippen LogP contribution >= 0.6 is 0 Å². The molecule has 5 nitrogen and oxygen atoms in total. The van der Waals surface area contributed by atoms with Crippen LogP contribution in [0.25, 0.3) is 17.9 Å². The molecule has 0 aromatic heterocycles. The van der Waals surface area contributed by atoms with Gasteiger partial charge in [-0.05, 0) is 41.3 Å². The molecule has 0 radical (unpaired) electrons. The van der Waals surface area contributed by atoms with E-state index in [0.29, 0.717) is 22.3 Å². The van der Waals surface area contributed by atoms with Crippen LogP contribution in [-0.2, 0) is 25.5 Å². The van der Waals surface area contributed by atoms with Crippen LogP contribution in [-0.4, -0.2) is 27.0 Å². The van der Waals surface area contributed by atoms with Crippen LogP contribution < -0.4 is 0 Å². The van der Waals surface area contributed by atoms with Crippen LogP contribution in [0.15, 0.2) is 48.5 Å². The smallest absolute Gasteiger partial charge is 0.465 e. The van der Waals surface area contributed by atoms with Crippen LogP contribution in [0.5, 0.6) is 0 Å². The number of hydrogen-bond donors (Lipinski definition) is 0. The van der Waals surface area contributed by atoms with E-state index in [4.69, 9.17) is 0 Å². The van der Waals surface area contributed by atoms with Crippen LogP contribution in [0.1, 0.15) is 32.6 Å². The number of carbonyl (C=O) groups is 1. The second kappa shape index (κ2) is 7.75. The average Bonchev–Trinajstić information content (AvgIpc) is 3.08. The summed E-state index contributed by atoms with van der Waals surface area (Å²) >= 11 is 0. The van der Waals surface area contributed by atoms with Crippen LogP contribution in [0.2, 0.25) is 0 Å². The molecule has 1 aliphatic rings. The molecule has 0 aliphatic heterocycles. The molecule has 0 heterocycles. The first kappa shape index (κ1) is 20.7. The number of hydrogen-bond acceptors (Lipinski definition) is 5. The lowest BCUT2D eigenvalue weighted by Crippen LogP contribution is -2.25. The summed E-state index contributed by atoms with van der Waals surface area (Å²) in [5.74, 6) is -0.821. The van der Waals surface area contributed by atoms with Gasteiger partial charge in [-0.25, -0.2) is 4.79 Å². The fourth-order valence-electron chi connectivity index (χ4n) is 2.81. The highest BCUT2D eigenvalue weighted by molar-refractivity contribution is 7.87. The minimum Gasteiger partial charge on any atom is -0.465 e. The molecule has 0 spiro atoms. The molecule has 1 aliphatic carbocycles. The summed E-state index contributed by atoms with van der Waals surface area (Å²) in [5.41, 5.74) is -2.96. The van der Waals surface area contributed by atoms with E-state index >= 15 is 0 Å². The van der Waals surface area contributed by atoms with Gasteiger partial charge in [-0.1, -0.05) is 42.5 Å². The SMILES string of the molecule is COC(=O)c1ccc(/C=C/c2cccc3c2C(OS(=O)(=O)C(F)(F)F)=CC3)cc1. The molecule has 2 aromatic rings. The Balaban J connectivity index is 1.88. The standard InChI is InChI=1S/C20H15F3O5S/c1-27-19(24)16-9-6-13(7-10-16)5-8-14-3-2-4-15-11-12-17(18(14)15)28-29(25,26)20(21,22)23/h2-10,12H,11H2,1H3/b8-5+. The van der Waals surface area contributed by atoms with Crippen molar-refractivity contribution in [2.24, 2.45) is 0 Å². The topological polar surface area (TPSA) is 69.7 Å². The average molecular weight is 424 g/mol. The predicted octanol–water partition coefficient (Wildman–Crippen LogP) is 4.41. The Morgan fingerprint density at radius 1 is 1.07 bits per heavy atom. The van der Waals surface area contributed by atoms with E-state index < -0.39 is 21.6 Å². The first-order chi connectivity index (χ1) is 13.6. The van der Waals surface area contributed by atoms with Crippen molar-refractivity contribution in [2.45, 2.75) is 11.9 Å². The molecule has 0 saturated carbocycles. The van der Waals surface area contributed by atoms with Gasteiger partial charge >= 0.3 is 21.6 Å². The lowest BCUT2D eigenvalue weighted by Gasteiger charge is -2.13. The number of methoxy groups -OCH3 is 1. The summed E-state index contributed by atoms with van der Waals surface area (Å²) < 4.78 is 69.7. The third kappa shape index (κ3) is 4.34. The molecule has 0 N–H and O–H groups in total. The van der Waals surface area contributed by atoms with Crippen molar-refractivity contribution in [3.8, 4) is 0 Å². The highest BCUT2D eigenvalue weighted by Crippen LogP contribution is 2.36. The molecule has 9 heteroatoms. The molecule has 0 saturated heterocycles. The molecule has 0 bridgehead atoms. The number of fused-ring (bicyclic) bond motifs is 1. The lowest BCUT2D eigenvalue weighted by atomic mass is 10.0. The van der Waals surface area contributed by atoms with E-state index in [2.05, 4.69) is 8.92 Å². The first-order valence-electron chi connectivity index (χ1n) is 8.32. The van der Waals surface area contributed by atoms with Crippen molar-refractivity contribution in [1.29, 1.82) is 0 Å². The number of esters is 1. The van der Waals surface area contributed by atoms with Gasteiger partial charge < -0.3 is 8.92 Å². The zero-order valence-electron chi connectivity index (χ0n) is 15.1. The number of carbonyl (C=O) groups excluding carboxylic acids is 1. The molecule has 0 unspecified atom stereocenters. The van der Waals surface area contributed by atoms with Crippen LogP contribution in [0.3, 0.4) is 0 Å². The van der Waals surface area contributed by atoms with Crippen molar-refractivity contribution in [3.63, 3.8) is 0 Å². The van der Waals surface area contributed by atoms with Gasteiger partial charge in [0, 0.05) is 5.56 Å². The minimum absolute atomic E-state index is 0.257. The van der Waals surface area contributed by atoms with Gasteiger partial charge in [0.1, 0.15) is 5.76 Å². The monoisotopic (exact) mass is 424 g/mol. The number of alkyl halides is 3. The van der Waals surface area contributed by atoms with Crippen molar-refractivity contribution in [3.05, 3.63) is 76.4 Å². The third-order valence-corrected chi connectivity index (χ3v) is 5.17. The summed E-state index contributed by atoms with van der Waals surface area (Å²) in [6, 6.07) is 11.5. The van der Waals surface area contributed by atoms with E-state index in [9.17, 15) is 26.4 Å². The molecule has 2 aromatic carbocycles. The number of benzene rings is 2. The van der Waals surface area contributed by atoms with E-state index in [-0.39, 0.29) is 12.2 Å². The first-order valence-corrected chi connectivity index (χ1v) is 9.73. The Hall–Kier alpha value is -3.07. The summed E-state index contributed by atoms with van der Waals surface area (Å²) in [5, 5.41) is 0. The van der Waals surface area contributed by atoms with Gasteiger partial charge in [0.15, 0.2) is 0 Å². The normalized spacial score (nSPS) is 13.9. The van der Waals surface area contributed by atoms with Gasteiger partial charge in [0.2, 0.25) is 0 Å². The van der Waals surface area contributed by atoms with Gasteiger partial charge in [-0.2, -0.15) is 21.6 Å². The summed E-state index contributed by atoms with van der Waals surface area (Å²) in [4.78, 5) is 11.5. The Kier molecular flexibility index (Phi) is 5.52. The van der Waals surface area contributed by atoms with Crippen LogP contribution in [0.4, 0.5) is 13.2 Å². The highest BCUT2D eigenvalue weighted by atomic mass is 32.2. The Morgan fingerprint density at radius 2 is 1.76 bits per heavy atom. The molecule has 0 amide bonds. The largest absolute Gasteiger partial charge is 0.534 e.